The van der Waals surface area contributed by atoms with Crippen molar-refractivity contribution in [3.8, 4) is 0 Å². The van der Waals surface area contributed by atoms with Crippen LogP contribution in [0.15, 0.2) is 23.8 Å². The zero-order chi connectivity index (χ0) is 20.1. The Hall–Kier alpha value is -0.930. The largest absolute Gasteiger partial charge is 0.353 e. The molecule has 2 fully saturated rings. The Kier molecular flexibility index (Phi) is 7.88. The minimum Gasteiger partial charge on any atom is -0.353 e. The topological polar surface area (TPSA) is 35.5 Å². The van der Waals surface area contributed by atoms with Crippen LogP contribution in [0, 0.1) is 22.7 Å². The van der Waals surface area contributed by atoms with Gasteiger partial charge in [0, 0.05) is 19.6 Å². The molecule has 0 saturated heterocycles. The van der Waals surface area contributed by atoms with Gasteiger partial charge in [0.15, 0.2) is 6.29 Å². The number of carbonyl (C=O) groups excluding carboxylic acids is 1. The van der Waals surface area contributed by atoms with Gasteiger partial charge >= 0.3 is 0 Å². The van der Waals surface area contributed by atoms with Crippen molar-refractivity contribution < 1.29 is 14.3 Å². The van der Waals surface area contributed by atoms with E-state index in [0.29, 0.717) is 36.4 Å². The van der Waals surface area contributed by atoms with E-state index in [4.69, 9.17) is 9.47 Å². The molecule has 0 aromatic rings. The van der Waals surface area contributed by atoms with Crippen molar-refractivity contribution in [3.05, 3.63) is 23.8 Å². The maximum atomic E-state index is 11.7. The van der Waals surface area contributed by atoms with Crippen LogP contribution < -0.4 is 0 Å². The van der Waals surface area contributed by atoms with Crippen LogP contribution >= 0.6 is 0 Å². The Balaban J connectivity index is 2.15. The molecule has 2 rings (SSSR count). The minimum atomic E-state index is -0.331. The summed E-state index contributed by atoms with van der Waals surface area (Å²) in [5.41, 5.74) is 2.86. The fourth-order valence-corrected chi connectivity index (χ4v) is 5.89. The van der Waals surface area contributed by atoms with Gasteiger partial charge < -0.3 is 9.47 Å². The number of carbonyl (C=O) groups is 1. The molecule has 3 atom stereocenters. The van der Waals surface area contributed by atoms with Gasteiger partial charge in [-0.15, -0.1) is 0 Å². The van der Waals surface area contributed by atoms with Crippen LogP contribution in [0.5, 0.6) is 0 Å². The summed E-state index contributed by atoms with van der Waals surface area (Å²) in [7, 11) is 0. The van der Waals surface area contributed by atoms with E-state index in [9.17, 15) is 4.79 Å². The molecule has 0 radical (unpaired) electrons. The van der Waals surface area contributed by atoms with E-state index in [2.05, 4.69) is 33.4 Å². The predicted octanol–water partition coefficient (Wildman–Crippen LogP) is 6.09. The number of hydrogen-bond acceptors (Lipinski definition) is 3. The third-order valence-corrected chi connectivity index (χ3v) is 7.19. The first-order valence-corrected chi connectivity index (χ1v) is 10.8. The van der Waals surface area contributed by atoms with Gasteiger partial charge in [-0.3, -0.25) is 4.79 Å². The van der Waals surface area contributed by atoms with Gasteiger partial charge in [-0.25, -0.2) is 0 Å². The second kappa shape index (κ2) is 9.52. The summed E-state index contributed by atoms with van der Waals surface area (Å²) >= 11 is 0. The van der Waals surface area contributed by atoms with Gasteiger partial charge in [-0.05, 0) is 74.2 Å². The zero-order valence-corrected chi connectivity index (χ0v) is 18.2. The molecular weight excluding hydrogens is 336 g/mol. The Morgan fingerprint density at radius 2 is 1.89 bits per heavy atom. The first-order chi connectivity index (χ1) is 12.8. The highest BCUT2D eigenvalue weighted by Gasteiger charge is 2.52. The number of aldehydes is 1. The second-order valence-corrected chi connectivity index (χ2v) is 9.33. The van der Waals surface area contributed by atoms with Gasteiger partial charge in [-0.2, -0.15) is 0 Å². The average Bonchev–Trinajstić information content (AvgIpc) is 2.59. The molecule has 2 aliphatic carbocycles. The van der Waals surface area contributed by atoms with Gasteiger partial charge in [-0.1, -0.05) is 45.4 Å². The van der Waals surface area contributed by atoms with Crippen molar-refractivity contribution in [1.82, 2.24) is 0 Å². The minimum absolute atomic E-state index is 0.292. The highest BCUT2D eigenvalue weighted by atomic mass is 16.7. The van der Waals surface area contributed by atoms with Crippen molar-refractivity contribution in [2.45, 2.75) is 85.9 Å². The van der Waals surface area contributed by atoms with Crippen molar-refractivity contribution >= 4 is 6.29 Å². The maximum Gasteiger partial charge on any atom is 0.161 e. The molecule has 0 aliphatic heterocycles. The van der Waals surface area contributed by atoms with Crippen molar-refractivity contribution in [1.29, 1.82) is 0 Å². The van der Waals surface area contributed by atoms with Gasteiger partial charge in [0.1, 0.15) is 6.29 Å². The summed E-state index contributed by atoms with van der Waals surface area (Å²) in [4.78, 5) is 11.7. The summed E-state index contributed by atoms with van der Waals surface area (Å²) in [6.07, 6.45) is 10.5. The lowest BCUT2D eigenvalue weighted by molar-refractivity contribution is -0.136. The lowest BCUT2D eigenvalue weighted by Gasteiger charge is -2.58. The highest BCUT2D eigenvalue weighted by Crippen LogP contribution is 2.61. The molecule has 0 N–H and O–H groups in total. The lowest BCUT2D eigenvalue weighted by atomic mass is 9.47. The van der Waals surface area contributed by atoms with Crippen LogP contribution in [0.3, 0.4) is 0 Å². The number of allylic oxidation sites excluding steroid dienone is 2. The fraction of sp³-hybridized carbons (Fsp3) is 0.792. The molecule has 0 aromatic heterocycles. The molecule has 0 spiro atoms. The van der Waals surface area contributed by atoms with Crippen molar-refractivity contribution in [2.24, 2.45) is 22.7 Å². The van der Waals surface area contributed by atoms with Crippen LogP contribution in [0.2, 0.25) is 0 Å². The average molecular weight is 377 g/mol. The normalized spacial score (nSPS) is 31.0. The first kappa shape index (κ1) is 22.4. The van der Waals surface area contributed by atoms with Gasteiger partial charge in [0.05, 0.1) is 0 Å². The molecule has 0 unspecified atom stereocenters. The quantitative estimate of drug-likeness (QED) is 0.211. The Labute approximate surface area is 166 Å². The maximum absolute atomic E-state index is 11.7. The summed E-state index contributed by atoms with van der Waals surface area (Å²) in [5.74, 6) is 1.20. The molecule has 3 nitrogen and oxygen atoms in total. The molecule has 27 heavy (non-hydrogen) atoms. The second-order valence-electron chi connectivity index (χ2n) is 9.33. The molecule has 154 valence electrons. The molecular formula is C24H40O3. The molecule has 0 aromatic carbocycles. The molecule has 0 bridgehead atoms. The van der Waals surface area contributed by atoms with E-state index >= 15 is 0 Å². The third-order valence-electron chi connectivity index (χ3n) is 7.19. The molecule has 0 amide bonds. The van der Waals surface area contributed by atoms with Gasteiger partial charge in [0.2, 0.25) is 0 Å². The van der Waals surface area contributed by atoms with Gasteiger partial charge in [0.25, 0.3) is 0 Å². The molecule has 0 heterocycles. The van der Waals surface area contributed by atoms with Crippen LogP contribution in [-0.2, 0) is 14.3 Å². The zero-order valence-electron chi connectivity index (χ0n) is 18.2. The highest BCUT2D eigenvalue weighted by molar-refractivity contribution is 5.73. The van der Waals surface area contributed by atoms with E-state index in [1.165, 1.54) is 31.3 Å². The SMILES string of the molecule is C=C1CC[C@H]2C(C)(C)CCC[C@]2(C)[C@H]1C/C=C(\C=O)CC(OCC)OCC. The van der Waals surface area contributed by atoms with E-state index < -0.39 is 0 Å². The van der Waals surface area contributed by atoms with Crippen molar-refractivity contribution in [2.75, 3.05) is 13.2 Å². The first-order valence-electron chi connectivity index (χ1n) is 10.8. The summed E-state index contributed by atoms with van der Waals surface area (Å²) in [6, 6.07) is 0. The smallest absolute Gasteiger partial charge is 0.161 e. The number of ether oxygens (including phenoxy) is 2. The summed E-state index contributed by atoms with van der Waals surface area (Å²) in [5, 5.41) is 0. The summed E-state index contributed by atoms with van der Waals surface area (Å²) < 4.78 is 11.2. The standard InChI is InChI=1S/C24H40O3/c1-7-26-22(27-8-2)16-19(17-25)11-12-20-18(3)10-13-21-23(4,5)14-9-15-24(20,21)6/h11,17,20-22H,3,7-10,12-16H2,1-2,4-6H3/b19-11-/t20-,21-,24+/m0/s1. The molecule has 3 heteroatoms. The number of hydrogen-bond donors (Lipinski definition) is 0. The van der Waals surface area contributed by atoms with Crippen LogP contribution in [0.1, 0.15) is 79.6 Å². The van der Waals surface area contributed by atoms with E-state index in [1.54, 1.807) is 0 Å². The van der Waals surface area contributed by atoms with Crippen LogP contribution in [0.25, 0.3) is 0 Å². The Morgan fingerprint density at radius 1 is 1.22 bits per heavy atom. The van der Waals surface area contributed by atoms with Crippen molar-refractivity contribution in [3.63, 3.8) is 0 Å². The molecule has 2 aliphatic rings. The lowest BCUT2D eigenvalue weighted by Crippen LogP contribution is -2.49. The molecule has 2 saturated carbocycles. The summed E-state index contributed by atoms with van der Waals surface area (Å²) in [6.45, 7) is 16.9. The van der Waals surface area contributed by atoms with Crippen LogP contribution in [0.4, 0.5) is 0 Å². The van der Waals surface area contributed by atoms with E-state index in [1.807, 2.05) is 13.8 Å². The van der Waals surface area contributed by atoms with Crippen LogP contribution in [-0.4, -0.2) is 25.8 Å². The number of rotatable bonds is 9. The predicted molar refractivity (Wildman–Crippen MR) is 112 cm³/mol. The number of fused-ring (bicyclic) bond motifs is 1. The fourth-order valence-electron chi connectivity index (χ4n) is 5.89. The van der Waals surface area contributed by atoms with E-state index in [-0.39, 0.29) is 6.29 Å². The monoisotopic (exact) mass is 376 g/mol. The Morgan fingerprint density at radius 3 is 2.48 bits per heavy atom. The third kappa shape index (κ3) is 5.12. The Bertz CT molecular complexity index is 542. The van der Waals surface area contributed by atoms with E-state index in [0.717, 1.165) is 30.6 Å².